The maximum atomic E-state index is 11.5. The lowest BCUT2D eigenvalue weighted by Gasteiger charge is -2.17. The topological polar surface area (TPSA) is 46.2 Å². The van der Waals surface area contributed by atoms with Crippen molar-refractivity contribution in [2.45, 2.75) is 39.2 Å². The predicted octanol–water partition coefficient (Wildman–Crippen LogP) is 1.17. The molecule has 0 unspecified atom stereocenters. The van der Waals surface area contributed by atoms with E-state index >= 15 is 0 Å². The van der Waals surface area contributed by atoms with E-state index in [2.05, 4.69) is 5.32 Å². The molecule has 0 spiro atoms. The SMILES string of the molecule is CC(C)C(=O)C[C@H]1NCC[C@@H]1CC=O. The lowest BCUT2D eigenvalue weighted by atomic mass is 9.91. The largest absolute Gasteiger partial charge is 0.313 e. The highest BCUT2D eigenvalue weighted by molar-refractivity contribution is 5.81. The first-order chi connectivity index (χ1) is 6.65. The van der Waals surface area contributed by atoms with Crippen LogP contribution in [0.1, 0.15) is 33.1 Å². The van der Waals surface area contributed by atoms with Gasteiger partial charge in [0.15, 0.2) is 0 Å². The first-order valence-electron chi connectivity index (χ1n) is 5.35. The molecular weight excluding hydrogens is 178 g/mol. The molecule has 0 aromatic heterocycles. The third-order valence-electron chi connectivity index (χ3n) is 2.95. The first kappa shape index (κ1) is 11.4. The van der Waals surface area contributed by atoms with Crippen LogP contribution in [0.3, 0.4) is 0 Å². The van der Waals surface area contributed by atoms with Crippen molar-refractivity contribution in [2.75, 3.05) is 6.54 Å². The summed E-state index contributed by atoms with van der Waals surface area (Å²) in [6, 6.07) is 0.232. The summed E-state index contributed by atoms with van der Waals surface area (Å²) < 4.78 is 0. The molecule has 1 fully saturated rings. The van der Waals surface area contributed by atoms with Crippen LogP contribution >= 0.6 is 0 Å². The van der Waals surface area contributed by atoms with Crippen LogP contribution in [0, 0.1) is 11.8 Å². The number of carbonyl (C=O) groups excluding carboxylic acids is 2. The Morgan fingerprint density at radius 1 is 1.57 bits per heavy atom. The average Bonchev–Trinajstić information content (AvgIpc) is 2.53. The van der Waals surface area contributed by atoms with Gasteiger partial charge in [0.25, 0.3) is 0 Å². The lowest BCUT2D eigenvalue weighted by Crippen LogP contribution is -2.31. The van der Waals surface area contributed by atoms with E-state index in [0.29, 0.717) is 24.5 Å². The minimum absolute atomic E-state index is 0.106. The van der Waals surface area contributed by atoms with Gasteiger partial charge in [-0.25, -0.2) is 0 Å². The minimum atomic E-state index is 0.106. The standard InChI is InChI=1S/C11H19NO2/c1-8(2)11(14)7-10-9(4-6-13)3-5-12-10/h6,8-10,12H,3-5,7H2,1-2H3/t9-,10-/m1/s1. The van der Waals surface area contributed by atoms with Gasteiger partial charge in [-0.2, -0.15) is 0 Å². The summed E-state index contributed by atoms with van der Waals surface area (Å²) in [6.07, 6.45) is 3.15. The molecule has 3 heteroatoms. The third kappa shape index (κ3) is 2.91. The van der Waals surface area contributed by atoms with Crippen LogP contribution in [-0.4, -0.2) is 24.7 Å². The molecule has 0 aromatic rings. The van der Waals surface area contributed by atoms with Crippen molar-refractivity contribution in [1.29, 1.82) is 0 Å². The van der Waals surface area contributed by atoms with E-state index in [1.807, 2.05) is 13.8 Å². The maximum absolute atomic E-state index is 11.5. The van der Waals surface area contributed by atoms with Crippen molar-refractivity contribution in [1.82, 2.24) is 5.32 Å². The molecule has 0 aliphatic carbocycles. The van der Waals surface area contributed by atoms with Crippen molar-refractivity contribution >= 4 is 12.1 Å². The zero-order chi connectivity index (χ0) is 10.6. The number of Topliss-reactive ketones (excluding diaryl/α,β-unsaturated/α-hetero) is 1. The van der Waals surface area contributed by atoms with Crippen LogP contribution in [0.25, 0.3) is 0 Å². The molecule has 80 valence electrons. The monoisotopic (exact) mass is 197 g/mol. The van der Waals surface area contributed by atoms with E-state index in [-0.39, 0.29) is 12.0 Å². The molecule has 0 amide bonds. The summed E-state index contributed by atoms with van der Waals surface area (Å²) in [6.45, 7) is 4.78. The van der Waals surface area contributed by atoms with Gasteiger partial charge >= 0.3 is 0 Å². The fraction of sp³-hybridized carbons (Fsp3) is 0.818. The zero-order valence-electron chi connectivity index (χ0n) is 8.95. The Labute approximate surface area is 85.3 Å². The highest BCUT2D eigenvalue weighted by Gasteiger charge is 2.28. The van der Waals surface area contributed by atoms with Crippen molar-refractivity contribution < 1.29 is 9.59 Å². The number of carbonyl (C=O) groups is 2. The van der Waals surface area contributed by atoms with Gasteiger partial charge in [0.2, 0.25) is 0 Å². The Bertz CT molecular complexity index is 213. The van der Waals surface area contributed by atoms with Gasteiger partial charge in [-0.3, -0.25) is 4.79 Å². The molecule has 3 nitrogen and oxygen atoms in total. The summed E-state index contributed by atoms with van der Waals surface area (Å²) in [4.78, 5) is 21.9. The molecule has 1 saturated heterocycles. The van der Waals surface area contributed by atoms with Crippen LogP contribution in [0.2, 0.25) is 0 Å². The second kappa shape index (κ2) is 5.25. The van der Waals surface area contributed by atoms with E-state index in [1.54, 1.807) is 0 Å². The van der Waals surface area contributed by atoms with Crippen LogP contribution in [-0.2, 0) is 9.59 Å². The summed E-state index contributed by atoms with van der Waals surface area (Å²) in [7, 11) is 0. The number of rotatable bonds is 5. The van der Waals surface area contributed by atoms with Gasteiger partial charge in [0, 0.05) is 24.8 Å². The van der Waals surface area contributed by atoms with Crippen molar-refractivity contribution in [3.8, 4) is 0 Å². The van der Waals surface area contributed by atoms with Crippen molar-refractivity contribution in [2.24, 2.45) is 11.8 Å². The molecular formula is C11H19NO2. The van der Waals surface area contributed by atoms with E-state index < -0.39 is 0 Å². The summed E-state index contributed by atoms with van der Waals surface area (Å²) in [5.41, 5.74) is 0. The normalized spacial score (nSPS) is 26.8. The fourth-order valence-electron chi connectivity index (χ4n) is 1.92. The van der Waals surface area contributed by atoms with E-state index in [0.717, 1.165) is 19.3 Å². The molecule has 1 rings (SSSR count). The van der Waals surface area contributed by atoms with Crippen LogP contribution in [0.5, 0.6) is 0 Å². The number of hydrogen-bond acceptors (Lipinski definition) is 3. The van der Waals surface area contributed by atoms with Gasteiger partial charge in [-0.15, -0.1) is 0 Å². The van der Waals surface area contributed by atoms with Gasteiger partial charge in [0.1, 0.15) is 12.1 Å². The summed E-state index contributed by atoms with van der Waals surface area (Å²) in [5, 5.41) is 3.30. The van der Waals surface area contributed by atoms with Gasteiger partial charge < -0.3 is 10.1 Å². The second-order valence-corrected chi connectivity index (χ2v) is 4.34. The summed E-state index contributed by atoms with van der Waals surface area (Å²) in [5.74, 6) is 0.768. The van der Waals surface area contributed by atoms with E-state index in [9.17, 15) is 9.59 Å². The Morgan fingerprint density at radius 3 is 2.86 bits per heavy atom. The quantitative estimate of drug-likeness (QED) is 0.673. The molecule has 0 saturated carbocycles. The molecule has 14 heavy (non-hydrogen) atoms. The van der Waals surface area contributed by atoms with Gasteiger partial charge in [-0.1, -0.05) is 13.8 Å². The predicted molar refractivity (Wildman–Crippen MR) is 55.0 cm³/mol. The van der Waals surface area contributed by atoms with Crippen LogP contribution in [0.4, 0.5) is 0 Å². The van der Waals surface area contributed by atoms with Crippen molar-refractivity contribution in [3.05, 3.63) is 0 Å². The Kier molecular flexibility index (Phi) is 4.26. The van der Waals surface area contributed by atoms with Crippen molar-refractivity contribution in [3.63, 3.8) is 0 Å². The maximum Gasteiger partial charge on any atom is 0.136 e. The number of aldehydes is 1. The highest BCUT2D eigenvalue weighted by Crippen LogP contribution is 2.21. The van der Waals surface area contributed by atoms with Gasteiger partial charge in [0.05, 0.1) is 0 Å². The lowest BCUT2D eigenvalue weighted by molar-refractivity contribution is -0.122. The highest BCUT2D eigenvalue weighted by atomic mass is 16.1. The molecule has 0 aromatic carbocycles. The Morgan fingerprint density at radius 2 is 2.29 bits per heavy atom. The number of hydrogen-bond donors (Lipinski definition) is 1. The average molecular weight is 197 g/mol. The van der Waals surface area contributed by atoms with E-state index in [4.69, 9.17) is 0 Å². The molecule has 1 aliphatic rings. The van der Waals surface area contributed by atoms with Crippen LogP contribution in [0.15, 0.2) is 0 Å². The molecule has 2 atom stereocenters. The number of ketones is 1. The first-order valence-corrected chi connectivity index (χ1v) is 5.35. The summed E-state index contributed by atoms with van der Waals surface area (Å²) >= 11 is 0. The van der Waals surface area contributed by atoms with Crippen LogP contribution < -0.4 is 5.32 Å². The molecule has 1 heterocycles. The molecule has 1 aliphatic heterocycles. The number of nitrogens with one attached hydrogen (secondary N) is 1. The Balaban J connectivity index is 2.42. The molecule has 0 radical (unpaired) electrons. The zero-order valence-corrected chi connectivity index (χ0v) is 8.95. The minimum Gasteiger partial charge on any atom is -0.313 e. The second-order valence-electron chi connectivity index (χ2n) is 4.34. The Hall–Kier alpha value is -0.700. The van der Waals surface area contributed by atoms with Gasteiger partial charge in [-0.05, 0) is 18.9 Å². The molecule has 1 N–H and O–H groups in total. The van der Waals surface area contributed by atoms with E-state index in [1.165, 1.54) is 0 Å². The third-order valence-corrected chi connectivity index (χ3v) is 2.95. The fourth-order valence-corrected chi connectivity index (χ4v) is 1.92. The molecule has 0 bridgehead atoms. The smallest absolute Gasteiger partial charge is 0.136 e.